The number of aromatic nitrogens is 4. The summed E-state index contributed by atoms with van der Waals surface area (Å²) in [6.07, 6.45) is 0.915. The van der Waals surface area contributed by atoms with E-state index in [2.05, 4.69) is 32.1 Å². The van der Waals surface area contributed by atoms with Crippen LogP contribution in [0, 0.1) is 11.3 Å². The molecule has 8 heteroatoms. The third-order valence-electron chi connectivity index (χ3n) is 6.17. The molecular weight excluding hydrogens is 346 g/mol. The highest BCUT2D eigenvalue weighted by Gasteiger charge is 2.70. The molecule has 1 aliphatic heterocycles. The molecule has 2 aliphatic rings. The molecule has 1 aliphatic carbocycles. The molecule has 1 saturated heterocycles. The number of aliphatic hydroxyl groups excluding tert-OH is 2. The molecule has 0 unspecified atom stereocenters. The lowest BCUT2D eigenvalue weighted by molar-refractivity contribution is 0.111. The maximum absolute atomic E-state index is 12.1. The lowest BCUT2D eigenvalue weighted by Gasteiger charge is -2.16. The van der Waals surface area contributed by atoms with E-state index in [0.717, 1.165) is 5.56 Å². The summed E-state index contributed by atoms with van der Waals surface area (Å²) < 4.78 is 1.29. The molecule has 0 radical (unpaired) electrons. The summed E-state index contributed by atoms with van der Waals surface area (Å²) in [5, 5.41) is 23.5. The van der Waals surface area contributed by atoms with Crippen LogP contribution in [0.2, 0.25) is 0 Å². The maximum Gasteiger partial charge on any atom is 0.274 e. The number of hydrogen-bond acceptors (Lipinski definition) is 6. The summed E-state index contributed by atoms with van der Waals surface area (Å²) in [6, 6.07) is 11.6. The van der Waals surface area contributed by atoms with Gasteiger partial charge in [-0.1, -0.05) is 30.3 Å². The predicted molar refractivity (Wildman–Crippen MR) is 97.1 cm³/mol. The van der Waals surface area contributed by atoms with E-state index in [1.165, 1.54) is 16.9 Å². The van der Waals surface area contributed by atoms with Crippen molar-refractivity contribution in [2.24, 2.45) is 11.3 Å². The Hall–Kier alpha value is -2.55. The molecular formula is C19H21N5O3. The Labute approximate surface area is 155 Å². The van der Waals surface area contributed by atoms with Gasteiger partial charge in [0.2, 0.25) is 0 Å². The Morgan fingerprint density at radius 2 is 2.11 bits per heavy atom. The molecule has 3 N–H and O–H groups in total. The minimum Gasteiger partial charge on any atom is -0.396 e. The first-order valence-corrected chi connectivity index (χ1v) is 9.12. The molecule has 0 amide bonds. The van der Waals surface area contributed by atoms with Crippen LogP contribution < -0.4 is 5.56 Å². The number of benzene rings is 1. The molecule has 27 heavy (non-hydrogen) atoms. The van der Waals surface area contributed by atoms with Crippen molar-refractivity contribution >= 4 is 5.78 Å². The van der Waals surface area contributed by atoms with Crippen molar-refractivity contribution in [3.8, 4) is 0 Å². The maximum atomic E-state index is 12.1. The molecule has 140 valence electrons. The van der Waals surface area contributed by atoms with Crippen LogP contribution in [0.3, 0.4) is 0 Å². The summed E-state index contributed by atoms with van der Waals surface area (Å²) in [5.74, 6) is 0.539. The summed E-state index contributed by atoms with van der Waals surface area (Å²) >= 11 is 0. The second-order valence-corrected chi connectivity index (χ2v) is 7.58. The Kier molecular flexibility index (Phi) is 3.68. The number of hydrogen-bond donors (Lipinski definition) is 3. The average molecular weight is 367 g/mol. The van der Waals surface area contributed by atoms with Gasteiger partial charge in [0.15, 0.2) is 0 Å². The van der Waals surface area contributed by atoms with Gasteiger partial charge in [-0.2, -0.15) is 4.52 Å². The van der Waals surface area contributed by atoms with Crippen LogP contribution in [0.15, 0.2) is 47.5 Å². The lowest BCUT2D eigenvalue weighted by Crippen LogP contribution is -2.24. The van der Waals surface area contributed by atoms with Crippen molar-refractivity contribution in [2.45, 2.75) is 18.6 Å². The van der Waals surface area contributed by atoms with Crippen LogP contribution in [-0.4, -0.2) is 60.5 Å². The molecule has 5 rings (SSSR count). The zero-order valence-corrected chi connectivity index (χ0v) is 14.7. The minimum atomic E-state index is -0.518. The normalized spacial score (nSPS) is 30.4. The van der Waals surface area contributed by atoms with Crippen LogP contribution in [0.25, 0.3) is 5.78 Å². The molecule has 0 bridgehead atoms. The van der Waals surface area contributed by atoms with Crippen LogP contribution >= 0.6 is 0 Å². The molecule has 1 aromatic carbocycles. The van der Waals surface area contributed by atoms with Gasteiger partial charge in [-0.05, 0) is 17.4 Å². The first kappa shape index (κ1) is 16.6. The van der Waals surface area contributed by atoms with E-state index in [0.29, 0.717) is 31.1 Å². The number of nitrogens with zero attached hydrogens (tertiary/aromatic N) is 4. The first-order valence-electron chi connectivity index (χ1n) is 9.12. The Morgan fingerprint density at radius 1 is 1.30 bits per heavy atom. The molecule has 1 spiro atoms. The zero-order chi connectivity index (χ0) is 18.6. The summed E-state index contributed by atoms with van der Waals surface area (Å²) in [5.41, 5.74) is 1.26. The van der Waals surface area contributed by atoms with Gasteiger partial charge in [0.25, 0.3) is 11.3 Å². The summed E-state index contributed by atoms with van der Waals surface area (Å²) in [4.78, 5) is 22.7. The fourth-order valence-corrected chi connectivity index (χ4v) is 4.96. The molecule has 3 aromatic rings. The van der Waals surface area contributed by atoms with Gasteiger partial charge in [-0.25, -0.2) is 9.97 Å². The van der Waals surface area contributed by atoms with Crippen LogP contribution in [0.1, 0.15) is 17.2 Å². The van der Waals surface area contributed by atoms with Gasteiger partial charge >= 0.3 is 0 Å². The number of aliphatic hydroxyl groups is 2. The molecule has 3 heterocycles. The van der Waals surface area contributed by atoms with Crippen molar-refractivity contribution in [3.63, 3.8) is 0 Å². The van der Waals surface area contributed by atoms with E-state index >= 15 is 0 Å². The quantitative estimate of drug-likeness (QED) is 0.599. The number of fused-ring (bicyclic) bond motifs is 1. The zero-order valence-electron chi connectivity index (χ0n) is 14.7. The second kappa shape index (κ2) is 5.98. The van der Waals surface area contributed by atoms with Crippen LogP contribution in [-0.2, 0) is 6.54 Å². The van der Waals surface area contributed by atoms with E-state index in [1.54, 1.807) is 0 Å². The van der Waals surface area contributed by atoms with Gasteiger partial charge in [0.1, 0.15) is 6.33 Å². The Balaban J connectivity index is 1.40. The van der Waals surface area contributed by atoms with Crippen LogP contribution in [0.5, 0.6) is 0 Å². The number of likely N-dealkylation sites (tertiary alicyclic amines) is 1. The highest BCUT2D eigenvalue weighted by atomic mass is 16.3. The number of nitrogens with one attached hydrogen (secondary N) is 1. The fourth-order valence-electron chi connectivity index (χ4n) is 4.96. The van der Waals surface area contributed by atoms with Crippen LogP contribution in [0.4, 0.5) is 0 Å². The number of aromatic amines is 1. The van der Waals surface area contributed by atoms with E-state index in [4.69, 9.17) is 0 Å². The van der Waals surface area contributed by atoms with Gasteiger partial charge in [-0.15, -0.1) is 0 Å². The molecule has 1 saturated carbocycles. The lowest BCUT2D eigenvalue weighted by atomic mass is 9.95. The average Bonchev–Trinajstić information content (AvgIpc) is 2.91. The Bertz CT molecular complexity index is 1030. The monoisotopic (exact) mass is 367 g/mol. The summed E-state index contributed by atoms with van der Waals surface area (Å²) in [7, 11) is 0. The topological polar surface area (TPSA) is 107 Å². The van der Waals surface area contributed by atoms with E-state index in [9.17, 15) is 15.0 Å². The number of β-amino-alcohol motifs (C(OH)–C–C–N with tert-alkyl or cyclic N) is 1. The largest absolute Gasteiger partial charge is 0.396 e. The van der Waals surface area contributed by atoms with Crippen molar-refractivity contribution in [1.29, 1.82) is 0 Å². The number of rotatable bonds is 4. The van der Waals surface area contributed by atoms with Crippen molar-refractivity contribution in [3.05, 3.63) is 64.3 Å². The molecule has 8 nitrogen and oxygen atoms in total. The highest BCUT2D eigenvalue weighted by molar-refractivity contribution is 5.36. The third-order valence-corrected chi connectivity index (χ3v) is 6.17. The molecule has 4 atom stereocenters. The first-order chi connectivity index (χ1) is 13.1. The molecule has 2 aromatic heterocycles. The van der Waals surface area contributed by atoms with Gasteiger partial charge in [-0.3, -0.25) is 14.8 Å². The molecule has 2 fully saturated rings. The number of H-pyrrole nitrogens is 1. The van der Waals surface area contributed by atoms with Crippen molar-refractivity contribution in [2.75, 3.05) is 19.7 Å². The van der Waals surface area contributed by atoms with Crippen molar-refractivity contribution in [1.82, 2.24) is 24.5 Å². The Morgan fingerprint density at radius 3 is 2.89 bits per heavy atom. The fraction of sp³-hybridized carbons (Fsp3) is 0.421. The van der Waals surface area contributed by atoms with Gasteiger partial charge in [0, 0.05) is 37.7 Å². The van der Waals surface area contributed by atoms with E-state index in [1.807, 2.05) is 18.2 Å². The van der Waals surface area contributed by atoms with E-state index < -0.39 is 6.10 Å². The second-order valence-electron chi connectivity index (χ2n) is 7.58. The van der Waals surface area contributed by atoms with E-state index in [-0.39, 0.29) is 29.4 Å². The summed E-state index contributed by atoms with van der Waals surface area (Å²) in [6.45, 7) is 1.70. The SMILES string of the molecule is O=c1cc(CN2C[C@@H](O)[C@@]3(C2)[C@H](CO)[C@H]3c2ccccc2)nc2nc[nH]n12. The van der Waals surface area contributed by atoms with Gasteiger partial charge < -0.3 is 10.2 Å². The predicted octanol–water partition coefficient (Wildman–Crippen LogP) is -0.0136. The standard InChI is InChI=1S/C19H21N5O3/c25-9-14-17(12-4-2-1-3-5-12)19(14)10-23(8-15(19)26)7-13-6-16(27)24-18(22-13)20-11-21-24/h1-6,11,14-15,17,25-26H,7-10H2,(H,20,21,22)/t14-,15-,17-,19-/m1/s1. The highest BCUT2D eigenvalue weighted by Crippen LogP contribution is 2.68. The third kappa shape index (κ3) is 2.44. The van der Waals surface area contributed by atoms with Crippen molar-refractivity contribution < 1.29 is 10.2 Å². The smallest absolute Gasteiger partial charge is 0.274 e. The van der Waals surface area contributed by atoms with Gasteiger partial charge in [0.05, 0.1) is 11.8 Å². The minimum absolute atomic E-state index is 0.0484.